The van der Waals surface area contributed by atoms with Gasteiger partial charge in [0.15, 0.2) is 0 Å². The highest BCUT2D eigenvalue weighted by Crippen LogP contribution is 2.36. The topological polar surface area (TPSA) is 38.1 Å². The molecule has 0 aliphatic heterocycles. The van der Waals surface area contributed by atoms with E-state index in [0.717, 1.165) is 55.4 Å². The molecule has 2 aliphatic rings. The van der Waals surface area contributed by atoms with Gasteiger partial charge in [0, 0.05) is 30.1 Å². The van der Waals surface area contributed by atoms with E-state index >= 15 is 0 Å². The standard InChI is InChI=1S/C25H27N3OS/c1-3-11-27(12-4-2)19-9-10-21-22(15-19)30-24-23(21)25(29)28(16-26-24)20-13-17-7-5-6-8-18(17)14-20/h3-8,16,19-20H,1-2,9-15H2. The number of aromatic nitrogens is 2. The number of aryl methyl sites for hydroxylation is 1. The SMILES string of the molecule is C=CCN(CC=C)C1CCc2c(sc3ncn(C4Cc5ccccc5C4)c(=O)c23)C1. The monoisotopic (exact) mass is 417 g/mol. The minimum atomic E-state index is 0.141. The normalized spacial score (nSPS) is 18.5. The number of benzene rings is 1. The average Bonchev–Trinajstić information content (AvgIpc) is 3.34. The maximum atomic E-state index is 13.5. The molecule has 0 saturated heterocycles. The first-order chi connectivity index (χ1) is 14.7. The smallest absolute Gasteiger partial charge is 0.262 e. The summed E-state index contributed by atoms with van der Waals surface area (Å²) in [6, 6.07) is 9.16. The number of hydrogen-bond donors (Lipinski definition) is 0. The van der Waals surface area contributed by atoms with Crippen molar-refractivity contribution >= 4 is 21.6 Å². The minimum Gasteiger partial charge on any atom is -0.295 e. The van der Waals surface area contributed by atoms with E-state index in [4.69, 9.17) is 4.98 Å². The van der Waals surface area contributed by atoms with Crippen molar-refractivity contribution in [2.75, 3.05) is 13.1 Å². The lowest BCUT2D eigenvalue weighted by molar-refractivity contribution is 0.221. The van der Waals surface area contributed by atoms with E-state index in [-0.39, 0.29) is 11.6 Å². The second kappa shape index (κ2) is 7.97. The molecule has 0 fully saturated rings. The Bertz CT molecular complexity index is 1140. The second-order valence-electron chi connectivity index (χ2n) is 8.40. The van der Waals surface area contributed by atoms with E-state index in [2.05, 4.69) is 42.3 Å². The van der Waals surface area contributed by atoms with Crippen LogP contribution in [0.15, 0.2) is 60.7 Å². The summed E-state index contributed by atoms with van der Waals surface area (Å²) in [4.78, 5) is 22.9. The quantitative estimate of drug-likeness (QED) is 0.561. The fraction of sp³-hybridized carbons (Fsp3) is 0.360. The summed E-state index contributed by atoms with van der Waals surface area (Å²) in [6.07, 6.45) is 10.5. The van der Waals surface area contributed by atoms with E-state index < -0.39 is 0 Å². The van der Waals surface area contributed by atoms with Crippen LogP contribution < -0.4 is 5.56 Å². The lowest BCUT2D eigenvalue weighted by atomic mass is 9.92. The molecule has 4 nitrogen and oxygen atoms in total. The molecule has 1 unspecified atom stereocenters. The average molecular weight is 418 g/mol. The zero-order valence-corrected chi connectivity index (χ0v) is 18.0. The molecule has 5 heteroatoms. The summed E-state index contributed by atoms with van der Waals surface area (Å²) in [5.41, 5.74) is 4.09. The highest BCUT2D eigenvalue weighted by Gasteiger charge is 2.29. The molecule has 5 rings (SSSR count). The Labute approximate surface area is 181 Å². The van der Waals surface area contributed by atoms with Gasteiger partial charge in [0.25, 0.3) is 5.56 Å². The van der Waals surface area contributed by atoms with E-state index in [0.29, 0.717) is 6.04 Å². The maximum absolute atomic E-state index is 13.5. The predicted molar refractivity (Wildman–Crippen MR) is 125 cm³/mol. The van der Waals surface area contributed by atoms with Gasteiger partial charge in [-0.05, 0) is 48.8 Å². The Morgan fingerprint density at radius 1 is 1.13 bits per heavy atom. The summed E-state index contributed by atoms with van der Waals surface area (Å²) in [6.45, 7) is 9.54. The molecule has 2 heterocycles. The van der Waals surface area contributed by atoms with E-state index in [9.17, 15) is 4.79 Å². The Morgan fingerprint density at radius 3 is 2.50 bits per heavy atom. The summed E-state index contributed by atoms with van der Waals surface area (Å²) >= 11 is 1.71. The Kier molecular flexibility index (Phi) is 5.17. The first-order valence-corrected chi connectivity index (χ1v) is 11.5. The highest BCUT2D eigenvalue weighted by molar-refractivity contribution is 7.18. The van der Waals surface area contributed by atoms with Crippen LogP contribution in [0.4, 0.5) is 0 Å². The van der Waals surface area contributed by atoms with Crippen molar-refractivity contribution in [2.24, 2.45) is 0 Å². The van der Waals surface area contributed by atoms with Crippen molar-refractivity contribution in [1.29, 1.82) is 0 Å². The molecular formula is C25H27N3OS. The maximum Gasteiger partial charge on any atom is 0.262 e. The zero-order valence-electron chi connectivity index (χ0n) is 17.2. The van der Waals surface area contributed by atoms with Crippen LogP contribution in [-0.2, 0) is 25.7 Å². The van der Waals surface area contributed by atoms with Crippen molar-refractivity contribution in [3.63, 3.8) is 0 Å². The van der Waals surface area contributed by atoms with Crippen LogP contribution in [0.2, 0.25) is 0 Å². The van der Waals surface area contributed by atoms with Gasteiger partial charge in [-0.2, -0.15) is 0 Å². The number of rotatable bonds is 6. The fourth-order valence-electron chi connectivity index (χ4n) is 5.17. The number of thiophene rings is 1. The second-order valence-corrected chi connectivity index (χ2v) is 9.48. The molecule has 154 valence electrons. The summed E-state index contributed by atoms with van der Waals surface area (Å²) in [5, 5.41) is 0.867. The van der Waals surface area contributed by atoms with Crippen molar-refractivity contribution < 1.29 is 0 Å². The largest absolute Gasteiger partial charge is 0.295 e. The number of fused-ring (bicyclic) bond motifs is 4. The molecule has 2 aliphatic carbocycles. The molecule has 2 aromatic heterocycles. The summed E-state index contributed by atoms with van der Waals surface area (Å²) in [5.74, 6) is 0. The third-order valence-corrected chi connectivity index (χ3v) is 7.80. The Balaban J connectivity index is 1.47. The molecule has 0 spiro atoms. The van der Waals surface area contributed by atoms with Gasteiger partial charge in [-0.25, -0.2) is 4.98 Å². The van der Waals surface area contributed by atoms with Crippen LogP contribution in [0.3, 0.4) is 0 Å². The summed E-state index contributed by atoms with van der Waals surface area (Å²) < 4.78 is 1.89. The van der Waals surface area contributed by atoms with Crippen LogP contribution in [0.1, 0.15) is 34.0 Å². The third-order valence-electron chi connectivity index (χ3n) is 6.63. The number of hydrogen-bond acceptors (Lipinski definition) is 4. The van der Waals surface area contributed by atoms with Crippen molar-refractivity contribution in [2.45, 2.75) is 44.2 Å². The Morgan fingerprint density at radius 2 is 1.83 bits per heavy atom. The molecule has 1 atom stereocenters. The number of nitrogens with zero attached hydrogens (tertiary/aromatic N) is 3. The van der Waals surface area contributed by atoms with Gasteiger partial charge in [-0.1, -0.05) is 36.4 Å². The molecule has 30 heavy (non-hydrogen) atoms. The molecular weight excluding hydrogens is 390 g/mol. The van der Waals surface area contributed by atoms with Crippen LogP contribution in [0.25, 0.3) is 10.2 Å². The summed E-state index contributed by atoms with van der Waals surface area (Å²) in [7, 11) is 0. The van der Waals surface area contributed by atoms with Gasteiger partial charge >= 0.3 is 0 Å². The molecule has 0 radical (unpaired) electrons. The molecule has 0 amide bonds. The Hall–Kier alpha value is -2.50. The molecule has 0 bridgehead atoms. The van der Waals surface area contributed by atoms with E-state index in [1.54, 1.807) is 17.7 Å². The van der Waals surface area contributed by atoms with Crippen molar-refractivity contribution in [1.82, 2.24) is 14.5 Å². The molecule has 1 aromatic carbocycles. The van der Waals surface area contributed by atoms with Gasteiger partial charge in [0.05, 0.1) is 11.7 Å². The lowest BCUT2D eigenvalue weighted by Crippen LogP contribution is -2.39. The minimum absolute atomic E-state index is 0.141. The molecule has 0 saturated carbocycles. The van der Waals surface area contributed by atoms with Crippen LogP contribution in [0, 0.1) is 0 Å². The predicted octanol–water partition coefficient (Wildman–Crippen LogP) is 4.33. The first kappa shape index (κ1) is 19.5. The third kappa shape index (κ3) is 3.26. The first-order valence-electron chi connectivity index (χ1n) is 10.7. The van der Waals surface area contributed by atoms with Crippen LogP contribution in [-0.4, -0.2) is 33.6 Å². The van der Waals surface area contributed by atoms with Gasteiger partial charge in [0.2, 0.25) is 0 Å². The van der Waals surface area contributed by atoms with Gasteiger partial charge in [-0.15, -0.1) is 24.5 Å². The highest BCUT2D eigenvalue weighted by atomic mass is 32.1. The zero-order chi connectivity index (χ0) is 20.7. The van der Waals surface area contributed by atoms with Gasteiger partial charge < -0.3 is 0 Å². The van der Waals surface area contributed by atoms with Gasteiger partial charge in [0.1, 0.15) is 4.83 Å². The molecule has 3 aromatic rings. The van der Waals surface area contributed by atoms with E-state index in [1.807, 2.05) is 16.7 Å². The molecule has 0 N–H and O–H groups in total. The van der Waals surface area contributed by atoms with Gasteiger partial charge in [-0.3, -0.25) is 14.3 Å². The van der Waals surface area contributed by atoms with Crippen molar-refractivity contribution in [3.8, 4) is 0 Å². The van der Waals surface area contributed by atoms with Crippen LogP contribution >= 0.6 is 11.3 Å². The van der Waals surface area contributed by atoms with E-state index in [1.165, 1.54) is 21.6 Å². The lowest BCUT2D eigenvalue weighted by Gasteiger charge is -2.32. The fourth-order valence-corrected chi connectivity index (χ4v) is 6.42. The van der Waals surface area contributed by atoms with Crippen LogP contribution in [0.5, 0.6) is 0 Å². The van der Waals surface area contributed by atoms with Crippen molar-refractivity contribution in [3.05, 3.63) is 87.8 Å².